The number of hydrogen-bond acceptors (Lipinski definition) is 12. The van der Waals surface area contributed by atoms with Gasteiger partial charge in [-0.25, -0.2) is 0 Å². The number of unbranched alkanes of at least 4 members (excludes halogenated alkanes) is 4. The lowest BCUT2D eigenvalue weighted by molar-refractivity contribution is -0.136. The van der Waals surface area contributed by atoms with Gasteiger partial charge in [-0.15, -0.1) is 0 Å². The van der Waals surface area contributed by atoms with Gasteiger partial charge in [0.15, 0.2) is 5.65 Å². The summed E-state index contributed by atoms with van der Waals surface area (Å²) in [5.74, 6) is -1.18. The highest BCUT2D eigenvalue weighted by molar-refractivity contribution is 6.24. The van der Waals surface area contributed by atoms with Crippen LogP contribution >= 0.6 is 0 Å². The third kappa shape index (κ3) is 9.22. The maximum absolute atomic E-state index is 13.2. The second-order valence-electron chi connectivity index (χ2n) is 15.0. The molecule has 2 fully saturated rings. The standard InChI is InChI=1S/C41H49N9O7/c1-25(2)30-24-44-50-36(30)47-41(57-28-10-9-20-42-23-28)48-40(50)43-22-26-14-16-27(17-15-26)45-33(51)13-6-4-3-5-7-21-56-32-12-8-11-29-35(32)39(55)49(38(29)54)31-18-19-34(52)46-37(31)53/h8,11-12,14-17,24-25,28,31,42H,3-7,9-10,13,18-23H2,1-2H3,(H,45,51)(H,43,47,48)(H,46,52,53)/t28-,31?/m1/s1. The van der Waals surface area contributed by atoms with Crippen LogP contribution in [0.4, 0.5) is 11.6 Å². The lowest BCUT2D eigenvalue weighted by Gasteiger charge is -2.27. The first kappa shape index (κ1) is 39.3. The molecule has 7 rings (SSSR count). The predicted octanol–water partition coefficient (Wildman–Crippen LogP) is 4.75. The number of aromatic nitrogens is 4. The second-order valence-corrected chi connectivity index (χ2v) is 15.0. The lowest BCUT2D eigenvalue weighted by Crippen LogP contribution is -2.54. The Morgan fingerprint density at radius 3 is 2.54 bits per heavy atom. The molecular formula is C41H49N9O7. The van der Waals surface area contributed by atoms with Crippen molar-refractivity contribution in [3.63, 3.8) is 0 Å². The molecule has 16 nitrogen and oxygen atoms in total. The fraction of sp³-hybridized carbons (Fsp3) is 0.463. The molecule has 1 unspecified atom stereocenters. The Hall–Kier alpha value is -5.90. The van der Waals surface area contributed by atoms with Crippen LogP contribution in [-0.2, 0) is 20.9 Å². The maximum Gasteiger partial charge on any atom is 0.322 e. The Kier molecular flexibility index (Phi) is 12.4. The highest BCUT2D eigenvalue weighted by Crippen LogP contribution is 2.34. The summed E-state index contributed by atoms with van der Waals surface area (Å²) in [4.78, 5) is 73.2. The fourth-order valence-corrected chi connectivity index (χ4v) is 7.33. The molecule has 5 heterocycles. The summed E-state index contributed by atoms with van der Waals surface area (Å²) in [6.45, 7) is 6.81. The van der Waals surface area contributed by atoms with E-state index >= 15 is 0 Å². The molecule has 2 aromatic carbocycles. The molecule has 57 heavy (non-hydrogen) atoms. The van der Waals surface area contributed by atoms with Crippen molar-refractivity contribution in [2.45, 2.75) is 103 Å². The molecule has 3 aliphatic rings. The van der Waals surface area contributed by atoms with Gasteiger partial charge in [0, 0.05) is 37.2 Å². The number of piperidine rings is 2. The van der Waals surface area contributed by atoms with E-state index in [0.29, 0.717) is 37.3 Å². The molecule has 2 atom stereocenters. The topological polar surface area (TPSA) is 198 Å². The molecule has 2 saturated heterocycles. The van der Waals surface area contributed by atoms with Gasteiger partial charge in [0.2, 0.25) is 23.7 Å². The van der Waals surface area contributed by atoms with Crippen molar-refractivity contribution in [3.8, 4) is 11.8 Å². The van der Waals surface area contributed by atoms with E-state index in [4.69, 9.17) is 14.5 Å². The molecular weight excluding hydrogens is 731 g/mol. The molecule has 2 aromatic heterocycles. The minimum atomic E-state index is -1.03. The predicted molar refractivity (Wildman–Crippen MR) is 210 cm³/mol. The Morgan fingerprint density at radius 2 is 1.77 bits per heavy atom. The van der Waals surface area contributed by atoms with Crippen LogP contribution in [0.15, 0.2) is 48.7 Å². The summed E-state index contributed by atoms with van der Waals surface area (Å²) >= 11 is 0. The highest BCUT2D eigenvalue weighted by Gasteiger charge is 2.46. The van der Waals surface area contributed by atoms with E-state index in [1.807, 2.05) is 30.5 Å². The summed E-state index contributed by atoms with van der Waals surface area (Å²) in [7, 11) is 0. The van der Waals surface area contributed by atoms with Crippen molar-refractivity contribution in [3.05, 3.63) is 70.9 Å². The van der Waals surface area contributed by atoms with Gasteiger partial charge in [0.25, 0.3) is 11.8 Å². The van der Waals surface area contributed by atoms with Gasteiger partial charge in [0.1, 0.15) is 17.9 Å². The number of anilines is 2. The van der Waals surface area contributed by atoms with Crippen molar-refractivity contribution in [2.24, 2.45) is 0 Å². The average molecular weight is 780 g/mol. The smallest absolute Gasteiger partial charge is 0.322 e. The SMILES string of the molecule is CC(C)c1cnn2c(NCc3ccc(NC(=O)CCCCCCCOc4cccc5c4C(=O)N(C4CCC(=O)NC4=O)C5=O)cc3)nc(O[C@@H]3CCCNC3)nc12. The number of carbonyl (C=O) groups is 5. The molecule has 0 bridgehead atoms. The first-order chi connectivity index (χ1) is 27.7. The number of hydrogen-bond donors (Lipinski definition) is 4. The Morgan fingerprint density at radius 1 is 0.965 bits per heavy atom. The molecule has 5 amide bonds. The third-order valence-electron chi connectivity index (χ3n) is 10.4. The minimum absolute atomic E-state index is 0.0185. The zero-order valence-electron chi connectivity index (χ0n) is 32.3. The van der Waals surface area contributed by atoms with Crippen molar-refractivity contribution >= 4 is 46.8 Å². The first-order valence-corrected chi connectivity index (χ1v) is 19.9. The van der Waals surface area contributed by atoms with Crippen LogP contribution in [0.2, 0.25) is 0 Å². The van der Waals surface area contributed by atoms with Crippen LogP contribution in [0, 0.1) is 0 Å². The van der Waals surface area contributed by atoms with Gasteiger partial charge in [-0.2, -0.15) is 19.6 Å². The van der Waals surface area contributed by atoms with Gasteiger partial charge in [-0.3, -0.25) is 34.2 Å². The number of rotatable bonds is 17. The number of nitrogens with zero attached hydrogens (tertiary/aromatic N) is 5. The van der Waals surface area contributed by atoms with E-state index < -0.39 is 29.7 Å². The number of amides is 5. The van der Waals surface area contributed by atoms with E-state index in [1.54, 1.807) is 22.7 Å². The normalized spacial score (nSPS) is 18.2. The molecule has 0 aliphatic carbocycles. The van der Waals surface area contributed by atoms with Gasteiger partial charge >= 0.3 is 6.01 Å². The molecule has 16 heteroatoms. The first-order valence-electron chi connectivity index (χ1n) is 19.9. The quantitative estimate of drug-likeness (QED) is 0.0849. The van der Waals surface area contributed by atoms with E-state index in [0.717, 1.165) is 85.4 Å². The molecule has 0 saturated carbocycles. The van der Waals surface area contributed by atoms with Crippen molar-refractivity contribution in [2.75, 3.05) is 30.3 Å². The second kappa shape index (κ2) is 17.9. The summed E-state index contributed by atoms with van der Waals surface area (Å²) in [6, 6.07) is 11.8. The summed E-state index contributed by atoms with van der Waals surface area (Å²) in [6.07, 6.45) is 8.54. The van der Waals surface area contributed by atoms with Gasteiger partial charge in [-0.1, -0.05) is 51.3 Å². The molecule has 4 N–H and O–H groups in total. The Balaban J connectivity index is 0.815. The summed E-state index contributed by atoms with van der Waals surface area (Å²) < 4.78 is 13.8. The van der Waals surface area contributed by atoms with Crippen LogP contribution < -0.4 is 30.7 Å². The van der Waals surface area contributed by atoms with Crippen LogP contribution in [0.5, 0.6) is 11.8 Å². The minimum Gasteiger partial charge on any atom is -0.493 e. The number of fused-ring (bicyclic) bond motifs is 2. The molecule has 4 aromatic rings. The maximum atomic E-state index is 13.2. The van der Waals surface area contributed by atoms with E-state index in [9.17, 15) is 24.0 Å². The number of carbonyl (C=O) groups excluding carboxylic acids is 5. The highest BCUT2D eigenvalue weighted by atomic mass is 16.5. The molecule has 0 radical (unpaired) electrons. The number of imide groups is 2. The zero-order chi connectivity index (χ0) is 39.9. The molecule has 0 spiro atoms. The van der Waals surface area contributed by atoms with E-state index in [2.05, 4.69) is 45.2 Å². The third-order valence-corrected chi connectivity index (χ3v) is 10.4. The monoisotopic (exact) mass is 779 g/mol. The van der Waals surface area contributed by atoms with Crippen LogP contribution in [0.3, 0.4) is 0 Å². The number of benzene rings is 2. The average Bonchev–Trinajstić information content (AvgIpc) is 3.74. The number of nitrogens with one attached hydrogen (secondary N) is 4. The Bertz CT molecular complexity index is 2130. The lowest BCUT2D eigenvalue weighted by atomic mass is 10.0. The van der Waals surface area contributed by atoms with Gasteiger partial charge < -0.3 is 25.4 Å². The van der Waals surface area contributed by atoms with Crippen LogP contribution in [-0.4, -0.2) is 85.9 Å². The van der Waals surface area contributed by atoms with Crippen molar-refractivity contribution < 1.29 is 33.4 Å². The van der Waals surface area contributed by atoms with Crippen LogP contribution in [0.1, 0.15) is 116 Å². The fourth-order valence-electron chi connectivity index (χ4n) is 7.33. The van der Waals surface area contributed by atoms with Gasteiger partial charge in [-0.05, 0) is 74.4 Å². The van der Waals surface area contributed by atoms with Gasteiger partial charge in [0.05, 0.1) is 23.9 Å². The number of ether oxygens (including phenoxy) is 2. The molecule has 3 aliphatic heterocycles. The largest absolute Gasteiger partial charge is 0.493 e. The molecule has 300 valence electrons. The summed E-state index contributed by atoms with van der Waals surface area (Å²) in [5, 5.41) is 16.5. The van der Waals surface area contributed by atoms with Crippen molar-refractivity contribution in [1.29, 1.82) is 0 Å². The zero-order valence-corrected chi connectivity index (χ0v) is 32.3. The Labute approximate surface area is 330 Å². The van der Waals surface area contributed by atoms with E-state index in [1.165, 1.54) is 0 Å². The van der Waals surface area contributed by atoms with Crippen LogP contribution in [0.25, 0.3) is 5.65 Å². The van der Waals surface area contributed by atoms with E-state index in [-0.39, 0.29) is 41.9 Å². The van der Waals surface area contributed by atoms with Crippen molar-refractivity contribution in [1.82, 2.24) is 35.1 Å². The summed E-state index contributed by atoms with van der Waals surface area (Å²) in [5.41, 5.74) is 3.81.